The van der Waals surface area contributed by atoms with E-state index in [2.05, 4.69) is 5.32 Å². The third-order valence-corrected chi connectivity index (χ3v) is 3.46. The van der Waals surface area contributed by atoms with Crippen LogP contribution in [0.2, 0.25) is 5.02 Å². The first-order chi connectivity index (χ1) is 9.51. The van der Waals surface area contributed by atoms with E-state index < -0.39 is 0 Å². The van der Waals surface area contributed by atoms with Crippen molar-refractivity contribution in [1.82, 2.24) is 9.88 Å². The highest BCUT2D eigenvalue weighted by Crippen LogP contribution is 2.17. The van der Waals surface area contributed by atoms with Crippen molar-refractivity contribution < 1.29 is 4.79 Å². The maximum Gasteiger partial charge on any atom is 0.268 e. The van der Waals surface area contributed by atoms with Crippen molar-refractivity contribution in [2.45, 2.75) is 26.4 Å². The van der Waals surface area contributed by atoms with E-state index in [0.717, 1.165) is 5.56 Å². The summed E-state index contributed by atoms with van der Waals surface area (Å²) >= 11 is 5.86. The number of amides is 1. The van der Waals surface area contributed by atoms with Crippen LogP contribution in [0.1, 0.15) is 35.9 Å². The van der Waals surface area contributed by atoms with Crippen molar-refractivity contribution in [2.75, 3.05) is 5.73 Å². The summed E-state index contributed by atoms with van der Waals surface area (Å²) in [4.78, 5) is 12.3. The van der Waals surface area contributed by atoms with E-state index in [1.54, 1.807) is 12.3 Å². The summed E-state index contributed by atoms with van der Waals surface area (Å²) in [6, 6.07) is 9.02. The summed E-state index contributed by atoms with van der Waals surface area (Å²) < 4.78 is 1.83. The topological polar surface area (TPSA) is 60.0 Å². The molecule has 0 fully saturated rings. The highest BCUT2D eigenvalue weighted by Gasteiger charge is 2.15. The van der Waals surface area contributed by atoms with Crippen LogP contribution in [0.4, 0.5) is 5.69 Å². The highest BCUT2D eigenvalue weighted by atomic mass is 35.5. The number of benzene rings is 1. The minimum absolute atomic E-state index is 0.0961. The van der Waals surface area contributed by atoms with Crippen LogP contribution in [-0.4, -0.2) is 10.5 Å². The van der Waals surface area contributed by atoms with Gasteiger partial charge in [0.1, 0.15) is 5.69 Å². The van der Waals surface area contributed by atoms with Crippen LogP contribution in [0, 0.1) is 0 Å². The number of nitrogen functional groups attached to an aromatic ring is 1. The first-order valence-corrected chi connectivity index (χ1v) is 6.91. The van der Waals surface area contributed by atoms with E-state index in [4.69, 9.17) is 17.3 Å². The second-order valence-corrected chi connectivity index (χ2v) is 5.13. The number of aryl methyl sites for hydroxylation is 1. The molecule has 20 heavy (non-hydrogen) atoms. The van der Waals surface area contributed by atoms with Crippen molar-refractivity contribution in [1.29, 1.82) is 0 Å². The summed E-state index contributed by atoms with van der Waals surface area (Å²) in [5.41, 5.74) is 7.91. The summed E-state index contributed by atoms with van der Waals surface area (Å²) in [6.07, 6.45) is 1.77. The number of halogens is 1. The van der Waals surface area contributed by atoms with Crippen LogP contribution in [-0.2, 0) is 6.54 Å². The molecule has 106 valence electrons. The lowest BCUT2D eigenvalue weighted by Crippen LogP contribution is -2.28. The van der Waals surface area contributed by atoms with Gasteiger partial charge in [0.2, 0.25) is 0 Å². The molecule has 3 N–H and O–H groups in total. The Bertz CT molecular complexity index is 604. The number of rotatable bonds is 4. The third kappa shape index (κ3) is 3.14. The highest BCUT2D eigenvalue weighted by molar-refractivity contribution is 6.30. The molecule has 0 saturated carbocycles. The largest absolute Gasteiger partial charge is 0.397 e. The molecule has 1 aromatic heterocycles. The van der Waals surface area contributed by atoms with E-state index in [-0.39, 0.29) is 11.9 Å². The third-order valence-electron chi connectivity index (χ3n) is 3.21. The number of aromatic nitrogens is 1. The molecule has 1 aromatic carbocycles. The van der Waals surface area contributed by atoms with E-state index in [1.165, 1.54) is 0 Å². The smallest absolute Gasteiger partial charge is 0.268 e. The minimum atomic E-state index is -0.133. The number of carbonyl (C=O) groups is 1. The van der Waals surface area contributed by atoms with Crippen molar-refractivity contribution in [2.24, 2.45) is 0 Å². The average molecular weight is 292 g/mol. The fourth-order valence-electron chi connectivity index (χ4n) is 2.09. The van der Waals surface area contributed by atoms with Gasteiger partial charge in [-0.25, -0.2) is 0 Å². The Hall–Kier alpha value is -1.94. The Morgan fingerprint density at radius 1 is 1.40 bits per heavy atom. The molecule has 2 aromatic rings. The molecule has 0 saturated heterocycles. The summed E-state index contributed by atoms with van der Waals surface area (Å²) in [7, 11) is 0. The molecular weight excluding hydrogens is 274 g/mol. The molecule has 0 bridgehead atoms. The molecule has 0 aliphatic rings. The van der Waals surface area contributed by atoms with Gasteiger partial charge in [-0.1, -0.05) is 23.7 Å². The Morgan fingerprint density at radius 3 is 2.65 bits per heavy atom. The lowest BCUT2D eigenvalue weighted by molar-refractivity contribution is 0.0930. The van der Waals surface area contributed by atoms with Crippen LogP contribution >= 0.6 is 11.6 Å². The number of nitrogens with one attached hydrogen (secondary N) is 1. The molecule has 1 heterocycles. The van der Waals surface area contributed by atoms with Gasteiger partial charge in [-0.3, -0.25) is 4.79 Å². The van der Waals surface area contributed by atoms with Gasteiger partial charge >= 0.3 is 0 Å². The van der Waals surface area contributed by atoms with Crippen molar-refractivity contribution in [3.63, 3.8) is 0 Å². The molecule has 1 unspecified atom stereocenters. The maximum atomic E-state index is 12.3. The molecule has 1 atom stereocenters. The Labute approximate surface area is 123 Å². The van der Waals surface area contributed by atoms with Crippen LogP contribution in [0.25, 0.3) is 0 Å². The minimum Gasteiger partial charge on any atom is -0.397 e. The van der Waals surface area contributed by atoms with E-state index in [9.17, 15) is 4.79 Å². The van der Waals surface area contributed by atoms with E-state index >= 15 is 0 Å². The van der Waals surface area contributed by atoms with Gasteiger partial charge in [0.05, 0.1) is 11.7 Å². The normalized spacial score (nSPS) is 12.2. The Kier molecular flexibility index (Phi) is 4.35. The number of carbonyl (C=O) groups excluding carboxylic acids is 1. The fraction of sp³-hybridized carbons (Fsp3) is 0.267. The lowest BCUT2D eigenvalue weighted by Gasteiger charge is -2.15. The zero-order valence-electron chi connectivity index (χ0n) is 11.6. The number of nitrogens with two attached hydrogens (primary N) is 1. The predicted octanol–water partition coefficient (Wildman–Crippen LogP) is 3.23. The number of anilines is 1. The fourth-order valence-corrected chi connectivity index (χ4v) is 2.22. The summed E-state index contributed by atoms with van der Waals surface area (Å²) in [5, 5.41) is 3.64. The van der Waals surface area contributed by atoms with Crippen LogP contribution in [0.15, 0.2) is 36.5 Å². The van der Waals surface area contributed by atoms with Crippen LogP contribution < -0.4 is 11.1 Å². The summed E-state index contributed by atoms with van der Waals surface area (Å²) in [6.45, 7) is 4.61. The maximum absolute atomic E-state index is 12.3. The predicted molar refractivity (Wildman–Crippen MR) is 81.9 cm³/mol. The molecule has 0 radical (unpaired) electrons. The molecule has 1 amide bonds. The molecule has 0 aliphatic carbocycles. The van der Waals surface area contributed by atoms with Gasteiger partial charge in [0, 0.05) is 17.8 Å². The van der Waals surface area contributed by atoms with Crippen LogP contribution in [0.5, 0.6) is 0 Å². The molecular formula is C15H18ClN3O. The van der Waals surface area contributed by atoms with Crippen molar-refractivity contribution >= 4 is 23.2 Å². The Balaban J connectivity index is 2.12. The zero-order valence-corrected chi connectivity index (χ0v) is 12.3. The van der Waals surface area contributed by atoms with E-state index in [1.807, 2.05) is 42.7 Å². The van der Waals surface area contributed by atoms with Crippen LogP contribution in [0.3, 0.4) is 0 Å². The zero-order chi connectivity index (χ0) is 14.7. The van der Waals surface area contributed by atoms with Gasteiger partial charge < -0.3 is 15.6 Å². The first-order valence-electron chi connectivity index (χ1n) is 6.53. The van der Waals surface area contributed by atoms with Gasteiger partial charge in [-0.05, 0) is 37.6 Å². The van der Waals surface area contributed by atoms with Crippen molar-refractivity contribution in [3.8, 4) is 0 Å². The average Bonchev–Trinajstić information content (AvgIpc) is 2.80. The van der Waals surface area contributed by atoms with E-state index in [0.29, 0.717) is 22.9 Å². The number of hydrogen-bond donors (Lipinski definition) is 2. The van der Waals surface area contributed by atoms with Gasteiger partial charge in [0.15, 0.2) is 0 Å². The number of nitrogens with zero attached hydrogens (tertiary/aromatic N) is 1. The summed E-state index contributed by atoms with van der Waals surface area (Å²) in [5.74, 6) is -0.133. The Morgan fingerprint density at radius 2 is 2.05 bits per heavy atom. The van der Waals surface area contributed by atoms with Gasteiger partial charge in [0.25, 0.3) is 5.91 Å². The molecule has 2 rings (SSSR count). The molecule has 5 heteroatoms. The van der Waals surface area contributed by atoms with Crippen molar-refractivity contribution in [3.05, 3.63) is 52.8 Å². The second-order valence-electron chi connectivity index (χ2n) is 4.69. The monoisotopic (exact) mass is 291 g/mol. The number of hydrogen-bond acceptors (Lipinski definition) is 2. The van der Waals surface area contributed by atoms with Gasteiger partial charge in [-0.15, -0.1) is 0 Å². The SMILES string of the molecule is CCn1cc(N)cc1C(=O)NC(C)c1ccc(Cl)cc1. The molecule has 4 nitrogen and oxygen atoms in total. The second kappa shape index (κ2) is 6.01. The molecule has 0 spiro atoms. The standard InChI is InChI=1S/C15H18ClN3O/c1-3-19-9-13(17)8-14(19)15(20)18-10(2)11-4-6-12(16)7-5-11/h4-10H,3,17H2,1-2H3,(H,18,20). The van der Waals surface area contributed by atoms with Gasteiger partial charge in [-0.2, -0.15) is 0 Å². The lowest BCUT2D eigenvalue weighted by atomic mass is 10.1. The molecule has 0 aliphatic heterocycles. The quantitative estimate of drug-likeness (QED) is 0.908. The first kappa shape index (κ1) is 14.5.